The van der Waals surface area contributed by atoms with Crippen molar-refractivity contribution < 1.29 is 13.2 Å². The van der Waals surface area contributed by atoms with E-state index in [9.17, 15) is 13.2 Å². The van der Waals surface area contributed by atoms with Crippen LogP contribution in [-0.4, -0.2) is 27.1 Å². The molecule has 0 unspecified atom stereocenters. The maximum absolute atomic E-state index is 13.0. The SMILES string of the molecule is Cc1ccc(C)c(N(CC(=O)NC(c2ccccc2)c2ccccc2)S(C)(=O)=O)c1. The summed E-state index contributed by atoms with van der Waals surface area (Å²) in [4.78, 5) is 13.0. The average Bonchev–Trinajstić information content (AvgIpc) is 2.72. The van der Waals surface area contributed by atoms with E-state index >= 15 is 0 Å². The Hall–Kier alpha value is -3.12. The Morgan fingerprint density at radius 1 is 0.900 bits per heavy atom. The monoisotopic (exact) mass is 422 g/mol. The van der Waals surface area contributed by atoms with Crippen molar-refractivity contribution >= 4 is 21.6 Å². The predicted octanol–water partition coefficient (Wildman–Crippen LogP) is 3.98. The van der Waals surface area contributed by atoms with Gasteiger partial charge in [0.25, 0.3) is 0 Å². The zero-order valence-corrected chi connectivity index (χ0v) is 18.2. The number of aryl methyl sites for hydroxylation is 2. The summed E-state index contributed by atoms with van der Waals surface area (Å²) in [7, 11) is -3.64. The minimum Gasteiger partial charge on any atom is -0.344 e. The van der Waals surface area contributed by atoms with E-state index in [2.05, 4.69) is 5.32 Å². The highest BCUT2D eigenvalue weighted by atomic mass is 32.2. The zero-order chi connectivity index (χ0) is 21.7. The van der Waals surface area contributed by atoms with Gasteiger partial charge in [-0.3, -0.25) is 9.10 Å². The Morgan fingerprint density at radius 3 is 1.93 bits per heavy atom. The van der Waals surface area contributed by atoms with Gasteiger partial charge in [0.1, 0.15) is 6.54 Å². The van der Waals surface area contributed by atoms with Crippen molar-refractivity contribution in [3.8, 4) is 0 Å². The van der Waals surface area contributed by atoms with E-state index in [4.69, 9.17) is 0 Å². The fourth-order valence-electron chi connectivity index (χ4n) is 3.36. The first-order valence-corrected chi connectivity index (χ1v) is 11.5. The highest BCUT2D eigenvalue weighted by molar-refractivity contribution is 7.92. The summed E-state index contributed by atoms with van der Waals surface area (Å²) in [6.45, 7) is 3.44. The molecule has 6 heteroatoms. The Kier molecular flexibility index (Phi) is 6.57. The standard InChI is InChI=1S/C24H26N2O3S/c1-18-14-15-19(2)22(16-18)26(30(3,28)29)17-23(27)25-24(20-10-6-4-7-11-20)21-12-8-5-9-13-21/h4-16,24H,17H2,1-3H3,(H,25,27). The van der Waals surface area contributed by atoms with E-state index in [1.807, 2.05) is 86.6 Å². The van der Waals surface area contributed by atoms with Crippen molar-refractivity contribution in [2.75, 3.05) is 17.1 Å². The van der Waals surface area contributed by atoms with Gasteiger partial charge >= 0.3 is 0 Å². The lowest BCUT2D eigenvalue weighted by Gasteiger charge is -2.26. The van der Waals surface area contributed by atoms with Crippen molar-refractivity contribution in [2.24, 2.45) is 0 Å². The van der Waals surface area contributed by atoms with Gasteiger partial charge in [-0.05, 0) is 42.2 Å². The molecule has 0 aliphatic heterocycles. The van der Waals surface area contributed by atoms with Crippen molar-refractivity contribution in [1.29, 1.82) is 0 Å². The molecule has 0 saturated carbocycles. The van der Waals surface area contributed by atoms with Crippen LogP contribution in [0.3, 0.4) is 0 Å². The number of amides is 1. The van der Waals surface area contributed by atoms with Gasteiger partial charge in [0.05, 0.1) is 18.0 Å². The number of nitrogens with zero attached hydrogens (tertiary/aromatic N) is 1. The molecule has 0 atom stereocenters. The van der Waals surface area contributed by atoms with Crippen molar-refractivity contribution in [3.05, 3.63) is 101 Å². The molecule has 0 bridgehead atoms. The molecule has 0 heterocycles. The molecule has 0 aliphatic carbocycles. The van der Waals surface area contributed by atoms with Crippen LogP contribution in [0.5, 0.6) is 0 Å². The Morgan fingerprint density at radius 2 is 1.43 bits per heavy atom. The number of hydrogen-bond acceptors (Lipinski definition) is 3. The Balaban J connectivity index is 1.90. The van der Waals surface area contributed by atoms with Crippen LogP contribution < -0.4 is 9.62 Å². The summed E-state index contributed by atoms with van der Waals surface area (Å²) in [6, 6.07) is 24.4. The van der Waals surface area contributed by atoms with Gasteiger partial charge in [0.2, 0.25) is 15.9 Å². The van der Waals surface area contributed by atoms with E-state index < -0.39 is 10.0 Å². The van der Waals surface area contributed by atoms with E-state index in [1.54, 1.807) is 6.07 Å². The van der Waals surface area contributed by atoms with Crippen LogP contribution >= 0.6 is 0 Å². The van der Waals surface area contributed by atoms with E-state index in [0.717, 1.165) is 32.8 Å². The third kappa shape index (κ3) is 5.27. The fraction of sp³-hybridized carbons (Fsp3) is 0.208. The van der Waals surface area contributed by atoms with Gasteiger partial charge < -0.3 is 5.32 Å². The highest BCUT2D eigenvalue weighted by Crippen LogP contribution is 2.25. The van der Waals surface area contributed by atoms with E-state index in [-0.39, 0.29) is 18.5 Å². The van der Waals surface area contributed by atoms with Crippen molar-refractivity contribution in [2.45, 2.75) is 19.9 Å². The quantitative estimate of drug-likeness (QED) is 0.626. The molecule has 3 aromatic carbocycles. The van der Waals surface area contributed by atoms with Gasteiger partial charge in [0, 0.05) is 0 Å². The number of anilines is 1. The summed E-state index contributed by atoms with van der Waals surface area (Å²) in [5.41, 5.74) is 4.09. The lowest BCUT2D eigenvalue weighted by Crippen LogP contribution is -2.42. The van der Waals surface area contributed by atoms with Crippen molar-refractivity contribution in [3.63, 3.8) is 0 Å². The lowest BCUT2D eigenvalue weighted by atomic mass is 9.99. The van der Waals surface area contributed by atoms with Crippen LogP contribution in [0.15, 0.2) is 78.9 Å². The molecule has 0 aromatic heterocycles. The number of hydrogen-bond donors (Lipinski definition) is 1. The van der Waals surface area contributed by atoms with Crippen LogP contribution in [0.25, 0.3) is 0 Å². The van der Waals surface area contributed by atoms with Crippen molar-refractivity contribution in [1.82, 2.24) is 5.32 Å². The van der Waals surface area contributed by atoms with Gasteiger partial charge in [0.15, 0.2) is 0 Å². The number of benzene rings is 3. The Bertz CT molecular complexity index is 1070. The second kappa shape index (κ2) is 9.13. The first-order chi connectivity index (χ1) is 14.3. The van der Waals surface area contributed by atoms with Gasteiger partial charge in [-0.15, -0.1) is 0 Å². The third-order valence-electron chi connectivity index (χ3n) is 4.89. The normalized spacial score (nSPS) is 11.3. The molecule has 0 spiro atoms. The summed E-state index contributed by atoms with van der Waals surface area (Å²) in [5, 5.41) is 3.01. The van der Waals surface area contributed by atoms with Gasteiger partial charge in [-0.25, -0.2) is 8.42 Å². The molecule has 0 aliphatic rings. The van der Waals surface area contributed by atoms with Crippen LogP contribution in [0.4, 0.5) is 5.69 Å². The predicted molar refractivity (Wildman–Crippen MR) is 121 cm³/mol. The fourth-order valence-corrected chi connectivity index (χ4v) is 4.26. The topological polar surface area (TPSA) is 66.5 Å². The molecular formula is C24H26N2O3S. The molecule has 0 radical (unpaired) electrons. The van der Waals surface area contributed by atoms with Gasteiger partial charge in [-0.2, -0.15) is 0 Å². The largest absolute Gasteiger partial charge is 0.344 e. The molecule has 0 saturated heterocycles. The molecule has 1 N–H and O–H groups in total. The maximum atomic E-state index is 13.0. The van der Waals surface area contributed by atoms with Crippen LogP contribution in [-0.2, 0) is 14.8 Å². The highest BCUT2D eigenvalue weighted by Gasteiger charge is 2.24. The number of nitrogens with one attached hydrogen (secondary N) is 1. The molecule has 3 aromatic rings. The maximum Gasteiger partial charge on any atom is 0.241 e. The number of carbonyl (C=O) groups excluding carboxylic acids is 1. The number of sulfonamides is 1. The van der Waals surface area contributed by atoms with E-state index in [0.29, 0.717) is 5.69 Å². The first-order valence-electron chi connectivity index (χ1n) is 9.70. The molecule has 156 valence electrons. The van der Waals surface area contributed by atoms with Crippen LogP contribution in [0.2, 0.25) is 0 Å². The molecule has 5 nitrogen and oxygen atoms in total. The minimum atomic E-state index is -3.64. The second-order valence-electron chi connectivity index (χ2n) is 7.38. The smallest absolute Gasteiger partial charge is 0.241 e. The summed E-state index contributed by atoms with van der Waals surface area (Å²) < 4.78 is 26.2. The molecular weight excluding hydrogens is 396 g/mol. The number of carbonyl (C=O) groups is 1. The number of rotatable bonds is 7. The van der Waals surface area contributed by atoms with Crippen LogP contribution in [0, 0.1) is 13.8 Å². The minimum absolute atomic E-state index is 0.292. The third-order valence-corrected chi connectivity index (χ3v) is 6.02. The van der Waals surface area contributed by atoms with Gasteiger partial charge in [-0.1, -0.05) is 72.8 Å². The molecule has 3 rings (SSSR count). The molecule has 30 heavy (non-hydrogen) atoms. The second-order valence-corrected chi connectivity index (χ2v) is 9.29. The lowest BCUT2D eigenvalue weighted by molar-refractivity contribution is -0.120. The molecule has 1 amide bonds. The first kappa shape index (κ1) is 21.6. The zero-order valence-electron chi connectivity index (χ0n) is 17.4. The summed E-state index contributed by atoms with van der Waals surface area (Å²) in [5.74, 6) is -0.376. The average molecular weight is 423 g/mol. The summed E-state index contributed by atoms with van der Waals surface area (Å²) in [6.07, 6.45) is 1.12. The molecule has 0 fully saturated rings. The van der Waals surface area contributed by atoms with Crippen LogP contribution in [0.1, 0.15) is 28.3 Å². The summed E-state index contributed by atoms with van der Waals surface area (Å²) >= 11 is 0. The Labute approximate surface area is 178 Å². The van der Waals surface area contributed by atoms with E-state index in [1.165, 1.54) is 0 Å².